The standard InChI is InChI=1S/C14H10BrNO2/c1-17-12-7-6-9(15)8-11(12)14-10-4-2-3-5-13(10)18-16-14/h2-8H,1H3. The van der Waals surface area contributed by atoms with Crippen LogP contribution in [0, 0.1) is 0 Å². The van der Waals surface area contributed by atoms with E-state index in [1.807, 2.05) is 42.5 Å². The molecule has 3 rings (SSSR count). The van der Waals surface area contributed by atoms with Gasteiger partial charge in [-0.05, 0) is 30.3 Å². The van der Waals surface area contributed by atoms with Gasteiger partial charge in [-0.3, -0.25) is 0 Å². The Labute approximate surface area is 112 Å². The molecule has 3 aromatic rings. The van der Waals surface area contributed by atoms with Gasteiger partial charge >= 0.3 is 0 Å². The van der Waals surface area contributed by atoms with Crippen molar-refractivity contribution in [2.24, 2.45) is 0 Å². The van der Waals surface area contributed by atoms with E-state index in [4.69, 9.17) is 9.26 Å². The van der Waals surface area contributed by atoms with Crippen molar-refractivity contribution >= 4 is 26.9 Å². The van der Waals surface area contributed by atoms with Crippen LogP contribution in [-0.4, -0.2) is 12.3 Å². The highest BCUT2D eigenvalue weighted by atomic mass is 79.9. The third-order valence-electron chi connectivity index (χ3n) is 2.79. The van der Waals surface area contributed by atoms with Crippen LogP contribution in [0.15, 0.2) is 51.5 Å². The van der Waals surface area contributed by atoms with E-state index in [1.165, 1.54) is 0 Å². The fraction of sp³-hybridized carbons (Fsp3) is 0.0714. The summed E-state index contributed by atoms with van der Waals surface area (Å²) >= 11 is 3.46. The summed E-state index contributed by atoms with van der Waals surface area (Å²) < 4.78 is 11.7. The second-order valence-electron chi connectivity index (χ2n) is 3.87. The molecule has 1 aromatic heterocycles. The zero-order valence-electron chi connectivity index (χ0n) is 9.68. The molecule has 1 heterocycles. The highest BCUT2D eigenvalue weighted by Gasteiger charge is 2.14. The smallest absolute Gasteiger partial charge is 0.167 e. The Bertz CT molecular complexity index is 706. The largest absolute Gasteiger partial charge is 0.496 e. The number of methoxy groups -OCH3 is 1. The number of halogens is 1. The van der Waals surface area contributed by atoms with Crippen molar-refractivity contribution in [3.05, 3.63) is 46.9 Å². The number of hydrogen-bond acceptors (Lipinski definition) is 3. The van der Waals surface area contributed by atoms with Gasteiger partial charge < -0.3 is 9.26 Å². The van der Waals surface area contributed by atoms with Gasteiger partial charge in [-0.2, -0.15) is 0 Å². The molecular weight excluding hydrogens is 294 g/mol. The summed E-state index contributed by atoms with van der Waals surface area (Å²) in [5.74, 6) is 0.775. The summed E-state index contributed by atoms with van der Waals surface area (Å²) in [7, 11) is 1.65. The number of hydrogen-bond donors (Lipinski definition) is 0. The molecule has 0 unspecified atom stereocenters. The maximum absolute atomic E-state index is 5.37. The number of nitrogens with zero attached hydrogens (tertiary/aromatic N) is 1. The zero-order chi connectivity index (χ0) is 12.5. The molecular formula is C14H10BrNO2. The Morgan fingerprint density at radius 3 is 2.83 bits per heavy atom. The van der Waals surface area contributed by atoms with Crippen LogP contribution < -0.4 is 4.74 Å². The SMILES string of the molecule is COc1ccc(Br)cc1-c1noc2ccccc12. The molecule has 0 spiro atoms. The molecule has 0 N–H and O–H groups in total. The predicted octanol–water partition coefficient (Wildman–Crippen LogP) is 4.27. The van der Waals surface area contributed by atoms with Crippen LogP contribution >= 0.6 is 15.9 Å². The molecule has 0 aliphatic rings. The minimum atomic E-state index is 0.773. The van der Waals surface area contributed by atoms with Crippen molar-refractivity contribution in [1.82, 2.24) is 5.16 Å². The van der Waals surface area contributed by atoms with Gasteiger partial charge in [0.1, 0.15) is 11.4 Å². The van der Waals surface area contributed by atoms with Gasteiger partial charge in [0.25, 0.3) is 0 Å². The van der Waals surface area contributed by atoms with Crippen LogP contribution in [0.3, 0.4) is 0 Å². The molecule has 4 heteroatoms. The quantitative estimate of drug-likeness (QED) is 0.709. The van der Waals surface area contributed by atoms with Gasteiger partial charge in [0, 0.05) is 15.4 Å². The molecule has 0 amide bonds. The molecule has 0 fully saturated rings. The second-order valence-corrected chi connectivity index (χ2v) is 4.79. The summed E-state index contributed by atoms with van der Waals surface area (Å²) in [6, 6.07) is 13.6. The highest BCUT2D eigenvalue weighted by Crippen LogP contribution is 2.35. The number of rotatable bonds is 2. The Hall–Kier alpha value is -1.81. The molecule has 0 saturated heterocycles. The van der Waals surface area contributed by atoms with Gasteiger partial charge in [0.15, 0.2) is 5.58 Å². The van der Waals surface area contributed by atoms with Crippen molar-refractivity contribution < 1.29 is 9.26 Å². The number of ether oxygens (including phenoxy) is 1. The minimum absolute atomic E-state index is 0.773. The summed E-state index contributed by atoms with van der Waals surface area (Å²) in [5, 5.41) is 5.12. The van der Waals surface area contributed by atoms with E-state index < -0.39 is 0 Å². The van der Waals surface area contributed by atoms with Crippen molar-refractivity contribution in [1.29, 1.82) is 0 Å². The van der Waals surface area contributed by atoms with Gasteiger partial charge in [-0.15, -0.1) is 0 Å². The average Bonchev–Trinajstić information content (AvgIpc) is 2.82. The zero-order valence-corrected chi connectivity index (χ0v) is 11.3. The van der Waals surface area contributed by atoms with Crippen LogP contribution in [0.25, 0.3) is 22.2 Å². The maximum Gasteiger partial charge on any atom is 0.167 e. The van der Waals surface area contributed by atoms with E-state index in [0.29, 0.717) is 0 Å². The molecule has 3 nitrogen and oxygen atoms in total. The molecule has 0 atom stereocenters. The predicted molar refractivity (Wildman–Crippen MR) is 73.7 cm³/mol. The van der Waals surface area contributed by atoms with Gasteiger partial charge in [0.2, 0.25) is 0 Å². The lowest BCUT2D eigenvalue weighted by atomic mass is 10.1. The van der Waals surface area contributed by atoms with Crippen molar-refractivity contribution in [2.45, 2.75) is 0 Å². The molecule has 0 radical (unpaired) electrons. The number of benzene rings is 2. The third-order valence-corrected chi connectivity index (χ3v) is 3.29. The lowest BCUT2D eigenvalue weighted by Crippen LogP contribution is -1.88. The van der Waals surface area contributed by atoms with E-state index >= 15 is 0 Å². The fourth-order valence-electron chi connectivity index (χ4n) is 1.95. The Morgan fingerprint density at radius 1 is 1.17 bits per heavy atom. The van der Waals surface area contributed by atoms with Crippen LogP contribution in [0.5, 0.6) is 5.75 Å². The third kappa shape index (κ3) is 1.78. The summed E-state index contributed by atoms with van der Waals surface area (Å²) in [4.78, 5) is 0. The average molecular weight is 304 g/mol. The van der Waals surface area contributed by atoms with E-state index in [2.05, 4.69) is 21.1 Å². The van der Waals surface area contributed by atoms with Crippen LogP contribution in [0.1, 0.15) is 0 Å². The Kier molecular flexibility index (Phi) is 2.80. The molecule has 18 heavy (non-hydrogen) atoms. The molecule has 0 saturated carbocycles. The van der Waals surface area contributed by atoms with Gasteiger partial charge in [-0.1, -0.05) is 33.2 Å². The molecule has 0 aliphatic carbocycles. The number of para-hydroxylation sites is 1. The highest BCUT2D eigenvalue weighted by molar-refractivity contribution is 9.10. The minimum Gasteiger partial charge on any atom is -0.496 e. The van der Waals surface area contributed by atoms with E-state index in [-0.39, 0.29) is 0 Å². The first-order valence-electron chi connectivity index (χ1n) is 5.48. The summed E-state index contributed by atoms with van der Waals surface area (Å²) in [6.07, 6.45) is 0. The van der Waals surface area contributed by atoms with Gasteiger partial charge in [0.05, 0.1) is 7.11 Å². The first-order valence-corrected chi connectivity index (χ1v) is 6.27. The monoisotopic (exact) mass is 303 g/mol. The topological polar surface area (TPSA) is 35.3 Å². The first-order chi connectivity index (χ1) is 8.79. The second kappa shape index (κ2) is 4.46. The molecule has 90 valence electrons. The van der Waals surface area contributed by atoms with Gasteiger partial charge in [-0.25, -0.2) is 0 Å². The summed E-state index contributed by atoms with van der Waals surface area (Å²) in [6.45, 7) is 0. The molecule has 2 aromatic carbocycles. The van der Waals surface area contributed by atoms with Crippen LogP contribution in [0.2, 0.25) is 0 Å². The Morgan fingerprint density at radius 2 is 2.00 bits per heavy atom. The molecule has 0 aliphatic heterocycles. The summed E-state index contributed by atoms with van der Waals surface area (Å²) in [5.41, 5.74) is 2.48. The molecule has 0 bridgehead atoms. The normalized spacial score (nSPS) is 10.8. The van der Waals surface area contributed by atoms with Crippen molar-refractivity contribution in [2.75, 3.05) is 7.11 Å². The number of fused-ring (bicyclic) bond motifs is 1. The van der Waals surface area contributed by atoms with Crippen molar-refractivity contribution in [3.8, 4) is 17.0 Å². The lowest BCUT2D eigenvalue weighted by Gasteiger charge is -2.06. The van der Waals surface area contributed by atoms with E-state index in [0.717, 1.165) is 32.4 Å². The first kappa shape index (κ1) is 11.3. The van der Waals surface area contributed by atoms with Crippen LogP contribution in [0.4, 0.5) is 0 Å². The number of aromatic nitrogens is 1. The maximum atomic E-state index is 5.37. The van der Waals surface area contributed by atoms with E-state index in [1.54, 1.807) is 7.11 Å². The Balaban J connectivity index is 2.29. The van der Waals surface area contributed by atoms with Crippen LogP contribution in [-0.2, 0) is 0 Å². The fourth-order valence-corrected chi connectivity index (χ4v) is 2.31. The van der Waals surface area contributed by atoms with E-state index in [9.17, 15) is 0 Å². The lowest BCUT2D eigenvalue weighted by molar-refractivity contribution is 0.415. The van der Waals surface area contributed by atoms with Crippen molar-refractivity contribution in [3.63, 3.8) is 0 Å².